The molecule has 0 aliphatic heterocycles. The predicted octanol–water partition coefficient (Wildman–Crippen LogP) is 5.30. The average Bonchev–Trinajstić information content (AvgIpc) is 2.61. The van der Waals surface area contributed by atoms with Crippen LogP contribution in [0.2, 0.25) is 0 Å². The fourth-order valence-electron chi connectivity index (χ4n) is 2.84. The zero-order valence-electron chi connectivity index (χ0n) is 14.5. The molecule has 2 aromatic rings. The number of hydrogen-bond donors (Lipinski definition) is 2. The fraction of sp³-hybridized carbons (Fsp3) is 0.333. The highest BCUT2D eigenvalue weighted by Crippen LogP contribution is 2.32. The van der Waals surface area contributed by atoms with Crippen molar-refractivity contribution in [2.45, 2.75) is 45.4 Å². The number of aromatic hydroxyl groups is 1. The molecule has 0 spiro atoms. The van der Waals surface area contributed by atoms with Crippen molar-refractivity contribution in [1.29, 1.82) is 0 Å². The van der Waals surface area contributed by atoms with Crippen molar-refractivity contribution >= 4 is 11.8 Å². The molecule has 0 atom stereocenters. The largest absolute Gasteiger partial charge is 0.506 e. The van der Waals surface area contributed by atoms with Crippen molar-refractivity contribution in [2.24, 2.45) is 0 Å². The molecule has 0 heterocycles. The van der Waals surface area contributed by atoms with Crippen LogP contribution in [0.15, 0.2) is 42.5 Å². The van der Waals surface area contributed by atoms with Gasteiger partial charge in [0.15, 0.2) is 5.78 Å². The standard InChI is InChI=1S/C21H24O4/c1-2-3-4-5-6-13-19(22)16-10-7-9-15(14-16)17-11-8-12-18(20(17)23)21(24)25/h7-12,14,23H,2-6,13H2,1H3,(H,24,25). The molecule has 0 radical (unpaired) electrons. The summed E-state index contributed by atoms with van der Waals surface area (Å²) in [6.07, 6.45) is 5.97. The van der Waals surface area contributed by atoms with E-state index < -0.39 is 5.97 Å². The van der Waals surface area contributed by atoms with Gasteiger partial charge in [0.2, 0.25) is 0 Å². The van der Waals surface area contributed by atoms with E-state index in [1.807, 2.05) is 0 Å². The van der Waals surface area contributed by atoms with Crippen LogP contribution in [0, 0.1) is 0 Å². The molecular formula is C21H24O4. The van der Waals surface area contributed by atoms with Gasteiger partial charge in [0.1, 0.15) is 11.3 Å². The summed E-state index contributed by atoms with van der Waals surface area (Å²) < 4.78 is 0. The molecule has 0 bridgehead atoms. The van der Waals surface area contributed by atoms with Gasteiger partial charge in [0.05, 0.1) is 0 Å². The second kappa shape index (κ2) is 9.02. The lowest BCUT2D eigenvalue weighted by atomic mass is 9.97. The fourth-order valence-corrected chi connectivity index (χ4v) is 2.84. The normalized spacial score (nSPS) is 10.6. The summed E-state index contributed by atoms with van der Waals surface area (Å²) in [5.74, 6) is -1.38. The molecule has 132 valence electrons. The Kier molecular flexibility index (Phi) is 6.75. The van der Waals surface area contributed by atoms with E-state index in [0.717, 1.165) is 19.3 Å². The predicted molar refractivity (Wildman–Crippen MR) is 98.2 cm³/mol. The number of unbranched alkanes of at least 4 members (excludes halogenated alkanes) is 4. The highest BCUT2D eigenvalue weighted by atomic mass is 16.4. The molecule has 4 heteroatoms. The van der Waals surface area contributed by atoms with Crippen molar-refractivity contribution in [3.8, 4) is 16.9 Å². The number of carboxylic acid groups (broad SMARTS) is 1. The zero-order valence-corrected chi connectivity index (χ0v) is 14.5. The van der Waals surface area contributed by atoms with E-state index in [0.29, 0.717) is 23.1 Å². The van der Waals surface area contributed by atoms with Crippen LogP contribution in [0.5, 0.6) is 5.75 Å². The van der Waals surface area contributed by atoms with E-state index in [9.17, 15) is 14.7 Å². The molecule has 0 aromatic heterocycles. The lowest BCUT2D eigenvalue weighted by Gasteiger charge is -2.09. The van der Waals surface area contributed by atoms with Crippen molar-refractivity contribution < 1.29 is 19.8 Å². The number of hydrogen-bond acceptors (Lipinski definition) is 3. The number of phenols is 1. The summed E-state index contributed by atoms with van der Waals surface area (Å²) >= 11 is 0. The Labute approximate surface area is 148 Å². The Hall–Kier alpha value is -2.62. The Morgan fingerprint density at radius 2 is 1.68 bits per heavy atom. The first-order chi connectivity index (χ1) is 12.0. The average molecular weight is 340 g/mol. The van der Waals surface area contributed by atoms with Gasteiger partial charge in [-0.15, -0.1) is 0 Å². The van der Waals surface area contributed by atoms with Gasteiger partial charge in [0.25, 0.3) is 0 Å². The van der Waals surface area contributed by atoms with E-state index >= 15 is 0 Å². The minimum atomic E-state index is -1.18. The third-order valence-electron chi connectivity index (χ3n) is 4.27. The van der Waals surface area contributed by atoms with Gasteiger partial charge >= 0.3 is 5.97 Å². The number of Topliss-reactive ketones (excluding diaryl/α,β-unsaturated/α-hetero) is 1. The Morgan fingerprint density at radius 3 is 2.40 bits per heavy atom. The van der Waals surface area contributed by atoms with Gasteiger partial charge in [-0.05, 0) is 24.1 Å². The zero-order chi connectivity index (χ0) is 18.2. The molecule has 0 aliphatic carbocycles. The number of para-hydroxylation sites is 1. The minimum absolute atomic E-state index is 0.0761. The lowest BCUT2D eigenvalue weighted by Crippen LogP contribution is -2.00. The Balaban J connectivity index is 2.15. The highest BCUT2D eigenvalue weighted by Gasteiger charge is 2.15. The molecule has 0 amide bonds. The Bertz CT molecular complexity index is 749. The van der Waals surface area contributed by atoms with Crippen molar-refractivity contribution in [1.82, 2.24) is 0 Å². The maximum atomic E-state index is 12.4. The molecule has 0 fully saturated rings. The number of rotatable bonds is 9. The maximum Gasteiger partial charge on any atom is 0.339 e. The maximum absolute atomic E-state index is 12.4. The first-order valence-corrected chi connectivity index (χ1v) is 8.73. The molecule has 2 N–H and O–H groups in total. The number of aromatic carboxylic acids is 1. The number of carbonyl (C=O) groups excluding carboxylic acids is 1. The summed E-state index contributed by atoms with van der Waals surface area (Å²) in [6, 6.07) is 11.6. The topological polar surface area (TPSA) is 74.6 Å². The van der Waals surface area contributed by atoms with E-state index in [4.69, 9.17) is 5.11 Å². The van der Waals surface area contributed by atoms with Crippen LogP contribution in [0.25, 0.3) is 11.1 Å². The van der Waals surface area contributed by atoms with Gasteiger partial charge in [-0.25, -0.2) is 4.79 Å². The second-order valence-electron chi connectivity index (χ2n) is 6.18. The summed E-state index contributed by atoms with van der Waals surface area (Å²) in [5.41, 5.74) is 1.49. The lowest BCUT2D eigenvalue weighted by molar-refractivity contribution is 0.0693. The third-order valence-corrected chi connectivity index (χ3v) is 4.27. The van der Waals surface area contributed by atoms with E-state index in [1.165, 1.54) is 18.9 Å². The van der Waals surface area contributed by atoms with E-state index in [1.54, 1.807) is 36.4 Å². The summed E-state index contributed by atoms with van der Waals surface area (Å²) in [5, 5.41) is 19.3. The molecule has 2 rings (SSSR count). The molecule has 2 aromatic carbocycles. The number of ketones is 1. The van der Waals surface area contributed by atoms with Crippen LogP contribution in [-0.2, 0) is 0 Å². The van der Waals surface area contributed by atoms with Gasteiger partial charge in [-0.3, -0.25) is 4.79 Å². The molecule has 4 nitrogen and oxygen atoms in total. The SMILES string of the molecule is CCCCCCCC(=O)c1cccc(-c2cccc(C(=O)O)c2O)c1. The molecule has 0 aliphatic rings. The molecule has 25 heavy (non-hydrogen) atoms. The minimum Gasteiger partial charge on any atom is -0.506 e. The van der Waals surface area contributed by atoms with E-state index in [-0.39, 0.29) is 17.1 Å². The summed E-state index contributed by atoms with van der Waals surface area (Å²) in [4.78, 5) is 23.5. The van der Waals surface area contributed by atoms with E-state index in [2.05, 4.69) is 6.92 Å². The molecule has 0 unspecified atom stereocenters. The van der Waals surface area contributed by atoms with Crippen molar-refractivity contribution in [3.63, 3.8) is 0 Å². The van der Waals surface area contributed by atoms with Crippen LogP contribution in [0.4, 0.5) is 0 Å². The van der Waals surface area contributed by atoms with Gasteiger partial charge in [-0.2, -0.15) is 0 Å². The second-order valence-corrected chi connectivity index (χ2v) is 6.18. The highest BCUT2D eigenvalue weighted by molar-refractivity contribution is 5.98. The number of carboxylic acids is 1. The van der Waals surface area contributed by atoms with Gasteiger partial charge in [-0.1, -0.05) is 62.9 Å². The summed E-state index contributed by atoms with van der Waals surface area (Å²) in [6.45, 7) is 2.16. The van der Waals surface area contributed by atoms with Crippen LogP contribution in [0.3, 0.4) is 0 Å². The number of carbonyl (C=O) groups is 2. The van der Waals surface area contributed by atoms with Crippen LogP contribution in [0.1, 0.15) is 66.2 Å². The van der Waals surface area contributed by atoms with Crippen molar-refractivity contribution in [3.05, 3.63) is 53.6 Å². The van der Waals surface area contributed by atoms with Crippen molar-refractivity contribution in [2.75, 3.05) is 0 Å². The quantitative estimate of drug-likeness (QED) is 0.480. The van der Waals surface area contributed by atoms with Gasteiger partial charge < -0.3 is 10.2 Å². The molecular weight excluding hydrogens is 316 g/mol. The van der Waals surface area contributed by atoms with Gasteiger partial charge in [0, 0.05) is 17.5 Å². The number of benzene rings is 2. The smallest absolute Gasteiger partial charge is 0.339 e. The third kappa shape index (κ3) is 4.92. The molecule has 0 saturated carbocycles. The Morgan fingerprint density at radius 1 is 0.960 bits per heavy atom. The summed E-state index contributed by atoms with van der Waals surface area (Å²) in [7, 11) is 0. The van der Waals surface area contributed by atoms with Crippen LogP contribution >= 0.6 is 0 Å². The van der Waals surface area contributed by atoms with Crippen LogP contribution in [-0.4, -0.2) is 22.0 Å². The first-order valence-electron chi connectivity index (χ1n) is 8.73. The first kappa shape index (κ1) is 18.7. The molecule has 0 saturated heterocycles. The van der Waals surface area contributed by atoms with Crippen LogP contribution < -0.4 is 0 Å². The monoisotopic (exact) mass is 340 g/mol.